The third kappa shape index (κ3) is 4.89. The van der Waals surface area contributed by atoms with Crippen LogP contribution in [0.3, 0.4) is 0 Å². The van der Waals surface area contributed by atoms with Crippen molar-refractivity contribution in [3.05, 3.63) is 69.4 Å². The smallest absolute Gasteiger partial charge is 0.234 e. The van der Waals surface area contributed by atoms with Gasteiger partial charge in [0.25, 0.3) is 0 Å². The summed E-state index contributed by atoms with van der Waals surface area (Å²) < 4.78 is 2.09. The second kappa shape index (κ2) is 9.93. The zero-order chi connectivity index (χ0) is 23.5. The summed E-state index contributed by atoms with van der Waals surface area (Å²) in [6, 6.07) is 14.6. The summed E-state index contributed by atoms with van der Waals surface area (Å²) in [5, 5.41) is 14.9. The lowest BCUT2D eigenvalue weighted by molar-refractivity contribution is -0.113. The van der Waals surface area contributed by atoms with Crippen LogP contribution in [-0.2, 0) is 11.3 Å². The lowest BCUT2D eigenvalue weighted by Gasteiger charge is -2.12. The van der Waals surface area contributed by atoms with Gasteiger partial charge in [0.05, 0.1) is 5.75 Å². The SMILES string of the molecule is CCn1c(SCC(=O)Nc2c(C)cccc2C)nnc1-c1csc(C)c1-c1ccc(C)cc1. The number of hydrogen-bond acceptors (Lipinski definition) is 5. The molecular weight excluding hydrogens is 448 g/mol. The molecule has 0 saturated carbocycles. The highest BCUT2D eigenvalue weighted by Gasteiger charge is 2.20. The Morgan fingerprint density at radius 1 is 1.03 bits per heavy atom. The Kier molecular flexibility index (Phi) is 7.00. The zero-order valence-corrected chi connectivity index (χ0v) is 21.2. The number of para-hydroxylation sites is 1. The van der Waals surface area contributed by atoms with Crippen LogP contribution in [0.25, 0.3) is 22.5 Å². The van der Waals surface area contributed by atoms with Gasteiger partial charge in [-0.25, -0.2) is 0 Å². The van der Waals surface area contributed by atoms with Crippen molar-refractivity contribution in [3.63, 3.8) is 0 Å². The first-order chi connectivity index (χ1) is 15.9. The largest absolute Gasteiger partial charge is 0.325 e. The highest BCUT2D eigenvalue weighted by Crippen LogP contribution is 2.39. The summed E-state index contributed by atoms with van der Waals surface area (Å²) in [5.41, 5.74) is 7.71. The molecule has 4 aromatic rings. The Hall–Kier alpha value is -2.90. The van der Waals surface area contributed by atoms with Crippen molar-refractivity contribution in [3.8, 4) is 22.5 Å². The molecule has 0 aliphatic carbocycles. The van der Waals surface area contributed by atoms with Crippen molar-refractivity contribution in [1.29, 1.82) is 0 Å². The maximum Gasteiger partial charge on any atom is 0.234 e. The van der Waals surface area contributed by atoms with Crippen LogP contribution in [0.15, 0.2) is 53.0 Å². The molecule has 7 heteroatoms. The van der Waals surface area contributed by atoms with E-state index in [1.54, 1.807) is 11.3 Å². The van der Waals surface area contributed by atoms with Gasteiger partial charge in [-0.2, -0.15) is 0 Å². The Bertz CT molecular complexity index is 1270. The Morgan fingerprint density at radius 2 is 1.73 bits per heavy atom. The van der Waals surface area contributed by atoms with Crippen molar-refractivity contribution in [1.82, 2.24) is 14.8 Å². The molecule has 2 aromatic heterocycles. The van der Waals surface area contributed by atoms with Crippen LogP contribution in [0.1, 0.15) is 28.5 Å². The fraction of sp³-hybridized carbons (Fsp3) is 0.269. The quantitative estimate of drug-likeness (QED) is 0.303. The highest BCUT2D eigenvalue weighted by molar-refractivity contribution is 7.99. The van der Waals surface area contributed by atoms with Crippen LogP contribution < -0.4 is 5.32 Å². The molecule has 0 unspecified atom stereocenters. The second-order valence-electron chi connectivity index (χ2n) is 8.10. The van der Waals surface area contributed by atoms with Gasteiger partial charge in [0.1, 0.15) is 0 Å². The van der Waals surface area contributed by atoms with Crippen LogP contribution in [0.5, 0.6) is 0 Å². The normalized spacial score (nSPS) is 11.1. The predicted octanol–water partition coefficient (Wildman–Crippen LogP) is 6.66. The van der Waals surface area contributed by atoms with Crippen LogP contribution in [-0.4, -0.2) is 26.4 Å². The summed E-state index contributed by atoms with van der Waals surface area (Å²) in [6.07, 6.45) is 0. The number of thiophene rings is 1. The average Bonchev–Trinajstić information content (AvgIpc) is 3.38. The minimum atomic E-state index is -0.0451. The first kappa shape index (κ1) is 23.3. The van der Waals surface area contributed by atoms with E-state index in [9.17, 15) is 4.79 Å². The minimum absolute atomic E-state index is 0.0451. The number of nitrogens with zero attached hydrogens (tertiary/aromatic N) is 3. The van der Waals surface area contributed by atoms with E-state index in [4.69, 9.17) is 0 Å². The molecule has 0 aliphatic rings. The molecule has 2 aromatic carbocycles. The van der Waals surface area contributed by atoms with Gasteiger partial charge in [0.15, 0.2) is 11.0 Å². The molecule has 1 amide bonds. The number of aromatic nitrogens is 3. The number of anilines is 1. The summed E-state index contributed by atoms with van der Waals surface area (Å²) in [7, 11) is 0. The van der Waals surface area contributed by atoms with E-state index in [-0.39, 0.29) is 11.7 Å². The monoisotopic (exact) mass is 476 g/mol. The van der Waals surface area contributed by atoms with E-state index in [1.807, 2.05) is 32.0 Å². The predicted molar refractivity (Wildman–Crippen MR) is 139 cm³/mol. The second-order valence-corrected chi connectivity index (χ2v) is 10.1. The van der Waals surface area contributed by atoms with E-state index >= 15 is 0 Å². The van der Waals surface area contributed by atoms with Crippen LogP contribution in [0.4, 0.5) is 5.69 Å². The molecule has 4 rings (SSSR count). The van der Waals surface area contributed by atoms with Crippen molar-refractivity contribution < 1.29 is 4.79 Å². The van der Waals surface area contributed by atoms with Crippen molar-refractivity contribution in [2.45, 2.75) is 46.3 Å². The van der Waals surface area contributed by atoms with Gasteiger partial charge in [-0.15, -0.1) is 21.5 Å². The van der Waals surface area contributed by atoms with Gasteiger partial charge in [-0.3, -0.25) is 4.79 Å². The number of amides is 1. The number of hydrogen-bond donors (Lipinski definition) is 1. The molecule has 5 nitrogen and oxygen atoms in total. The Morgan fingerprint density at radius 3 is 2.39 bits per heavy atom. The molecule has 170 valence electrons. The lowest BCUT2D eigenvalue weighted by atomic mass is 10.0. The van der Waals surface area contributed by atoms with Gasteiger partial charge >= 0.3 is 0 Å². The molecule has 0 bridgehead atoms. The number of thioether (sulfide) groups is 1. The third-order valence-electron chi connectivity index (χ3n) is 5.67. The van der Waals surface area contributed by atoms with Crippen molar-refractivity contribution >= 4 is 34.7 Å². The van der Waals surface area contributed by atoms with E-state index < -0.39 is 0 Å². The van der Waals surface area contributed by atoms with Gasteiger partial charge in [-0.05, 0) is 51.3 Å². The summed E-state index contributed by atoms with van der Waals surface area (Å²) in [5.74, 6) is 1.07. The first-order valence-corrected chi connectivity index (χ1v) is 12.8. The molecular formula is C26H28N4OS2. The van der Waals surface area contributed by atoms with Crippen LogP contribution in [0.2, 0.25) is 0 Å². The number of aryl methyl sites for hydroxylation is 4. The Balaban J connectivity index is 1.56. The molecule has 0 fully saturated rings. The molecule has 1 N–H and O–H groups in total. The van der Waals surface area contributed by atoms with Gasteiger partial charge < -0.3 is 9.88 Å². The van der Waals surface area contributed by atoms with Crippen molar-refractivity contribution in [2.24, 2.45) is 0 Å². The molecule has 2 heterocycles. The van der Waals surface area contributed by atoms with Gasteiger partial charge in [-0.1, -0.05) is 59.8 Å². The summed E-state index contributed by atoms with van der Waals surface area (Å²) in [4.78, 5) is 13.9. The number of benzene rings is 2. The van der Waals surface area contributed by atoms with Crippen LogP contribution in [0, 0.1) is 27.7 Å². The fourth-order valence-corrected chi connectivity index (χ4v) is 5.56. The van der Waals surface area contributed by atoms with Crippen LogP contribution >= 0.6 is 23.1 Å². The minimum Gasteiger partial charge on any atom is -0.325 e. The van der Waals surface area contributed by atoms with Gasteiger partial charge in [0, 0.05) is 33.6 Å². The molecule has 0 saturated heterocycles. The molecule has 0 radical (unpaired) electrons. The standard InChI is InChI=1S/C26H28N4OS2/c1-6-30-25(21-14-32-19(5)23(21)20-12-10-16(2)11-13-20)28-29-26(30)33-15-22(31)27-24-17(3)8-7-9-18(24)4/h7-14H,6,15H2,1-5H3,(H,27,31). The fourth-order valence-electron chi connectivity index (χ4n) is 3.90. The summed E-state index contributed by atoms with van der Waals surface area (Å²) >= 11 is 3.14. The number of nitrogens with one attached hydrogen (secondary N) is 1. The van der Waals surface area contributed by atoms with E-state index in [0.29, 0.717) is 0 Å². The first-order valence-electron chi connectivity index (χ1n) is 11.0. The third-order valence-corrected chi connectivity index (χ3v) is 7.55. The molecule has 0 aliphatic heterocycles. The maximum atomic E-state index is 12.6. The van der Waals surface area contributed by atoms with Crippen molar-refractivity contribution in [2.75, 3.05) is 11.1 Å². The molecule has 0 atom stereocenters. The number of carbonyl (C=O) groups is 1. The lowest BCUT2D eigenvalue weighted by Crippen LogP contribution is -2.16. The molecule has 33 heavy (non-hydrogen) atoms. The maximum absolute atomic E-state index is 12.6. The number of rotatable bonds is 7. The van der Waals surface area contributed by atoms with E-state index in [2.05, 4.69) is 70.5 Å². The van der Waals surface area contributed by atoms with Gasteiger partial charge in [0.2, 0.25) is 5.91 Å². The van der Waals surface area contributed by atoms with E-state index in [0.717, 1.165) is 39.9 Å². The summed E-state index contributed by atoms with van der Waals surface area (Å²) in [6.45, 7) is 11.1. The molecule has 0 spiro atoms. The van der Waals surface area contributed by atoms with E-state index in [1.165, 1.54) is 33.3 Å². The average molecular weight is 477 g/mol. The highest BCUT2D eigenvalue weighted by atomic mass is 32.2. The zero-order valence-electron chi connectivity index (χ0n) is 19.6. The Labute approximate surface area is 203 Å². The number of carbonyl (C=O) groups excluding carboxylic acids is 1. The topological polar surface area (TPSA) is 59.8 Å².